The second-order valence-electron chi connectivity index (χ2n) is 5.05. The van der Waals surface area contributed by atoms with Gasteiger partial charge in [0.05, 0.1) is 0 Å². The summed E-state index contributed by atoms with van der Waals surface area (Å²) in [6.45, 7) is 5.28. The van der Waals surface area contributed by atoms with Gasteiger partial charge >= 0.3 is 0 Å². The summed E-state index contributed by atoms with van der Waals surface area (Å²) in [5, 5.41) is 0. The van der Waals surface area contributed by atoms with Crippen molar-refractivity contribution in [1.29, 1.82) is 0 Å². The minimum atomic E-state index is -0.288. The van der Waals surface area contributed by atoms with Crippen LogP contribution in [-0.2, 0) is 0 Å². The van der Waals surface area contributed by atoms with Gasteiger partial charge in [0.2, 0.25) is 0 Å². The van der Waals surface area contributed by atoms with E-state index in [1.807, 2.05) is 0 Å². The summed E-state index contributed by atoms with van der Waals surface area (Å²) >= 11 is 0. The number of allylic oxidation sites excluding steroid dienone is 2. The zero-order valence-corrected chi connectivity index (χ0v) is 10.4. The van der Waals surface area contributed by atoms with Gasteiger partial charge in [0.25, 0.3) is 0 Å². The van der Waals surface area contributed by atoms with E-state index in [0.717, 1.165) is 6.54 Å². The van der Waals surface area contributed by atoms with Crippen LogP contribution in [-0.4, -0.2) is 12.1 Å². The summed E-state index contributed by atoms with van der Waals surface area (Å²) in [6.07, 6.45) is 6.39. The fourth-order valence-corrected chi connectivity index (χ4v) is 3.07. The maximum atomic E-state index is 6.44. The molecule has 2 nitrogen and oxygen atoms in total. The van der Waals surface area contributed by atoms with Crippen molar-refractivity contribution in [2.24, 2.45) is 5.73 Å². The third-order valence-electron chi connectivity index (χ3n) is 3.81. The number of anilines is 1. The van der Waals surface area contributed by atoms with Gasteiger partial charge in [-0.2, -0.15) is 0 Å². The van der Waals surface area contributed by atoms with Crippen molar-refractivity contribution in [2.75, 3.05) is 11.4 Å². The van der Waals surface area contributed by atoms with E-state index < -0.39 is 0 Å². The summed E-state index contributed by atoms with van der Waals surface area (Å²) in [6, 6.07) is 8.59. The van der Waals surface area contributed by atoms with Gasteiger partial charge in [-0.3, -0.25) is 0 Å². The number of fused-ring (bicyclic) bond motifs is 3. The normalized spacial score (nSPS) is 29.9. The van der Waals surface area contributed by atoms with Crippen LogP contribution in [0.5, 0.6) is 0 Å². The number of nitrogens with two attached hydrogens (primary N) is 1. The van der Waals surface area contributed by atoms with Crippen LogP contribution in [0, 0.1) is 0 Å². The highest BCUT2D eigenvalue weighted by molar-refractivity contribution is 5.70. The SMILES string of the molecule is CCN1C2=CC=CC(C)(N)C2c2ccccc21. The minimum absolute atomic E-state index is 0.288. The van der Waals surface area contributed by atoms with E-state index in [1.165, 1.54) is 16.9 Å². The Morgan fingerprint density at radius 3 is 2.88 bits per heavy atom. The molecule has 17 heavy (non-hydrogen) atoms. The molecule has 1 aromatic rings. The van der Waals surface area contributed by atoms with E-state index >= 15 is 0 Å². The molecule has 0 saturated heterocycles. The Morgan fingerprint density at radius 2 is 2.12 bits per heavy atom. The van der Waals surface area contributed by atoms with Crippen LogP contribution in [0.1, 0.15) is 25.3 Å². The molecule has 0 aromatic heterocycles. The summed E-state index contributed by atoms with van der Waals surface area (Å²) in [4.78, 5) is 2.37. The molecule has 2 aliphatic rings. The molecule has 2 unspecified atom stereocenters. The van der Waals surface area contributed by atoms with Crippen LogP contribution in [0.3, 0.4) is 0 Å². The van der Waals surface area contributed by atoms with Gasteiger partial charge in [-0.05, 0) is 31.6 Å². The van der Waals surface area contributed by atoms with Crippen molar-refractivity contribution in [1.82, 2.24) is 0 Å². The Hall–Kier alpha value is -1.54. The number of likely N-dealkylation sites (N-methyl/N-ethyl adjacent to an activating group) is 1. The molecule has 0 amide bonds. The average molecular weight is 226 g/mol. The van der Waals surface area contributed by atoms with E-state index in [9.17, 15) is 0 Å². The third kappa shape index (κ3) is 1.37. The molecule has 1 aliphatic carbocycles. The molecule has 2 heteroatoms. The van der Waals surface area contributed by atoms with E-state index in [1.54, 1.807) is 0 Å². The molecule has 2 N–H and O–H groups in total. The lowest BCUT2D eigenvalue weighted by atomic mass is 9.78. The van der Waals surface area contributed by atoms with Crippen LogP contribution in [0.15, 0.2) is 48.2 Å². The van der Waals surface area contributed by atoms with Crippen LogP contribution in [0.25, 0.3) is 0 Å². The largest absolute Gasteiger partial charge is 0.344 e. The Balaban J connectivity index is 2.22. The first-order valence-corrected chi connectivity index (χ1v) is 6.20. The minimum Gasteiger partial charge on any atom is -0.344 e. The van der Waals surface area contributed by atoms with E-state index in [2.05, 4.69) is 61.2 Å². The van der Waals surface area contributed by atoms with Gasteiger partial charge in [0.1, 0.15) is 0 Å². The number of para-hydroxylation sites is 1. The molecule has 0 bridgehead atoms. The number of benzene rings is 1. The van der Waals surface area contributed by atoms with E-state index in [-0.39, 0.29) is 5.54 Å². The Kier molecular flexibility index (Phi) is 2.17. The first-order valence-electron chi connectivity index (χ1n) is 6.20. The van der Waals surface area contributed by atoms with Crippen molar-refractivity contribution in [2.45, 2.75) is 25.3 Å². The number of hydrogen-bond acceptors (Lipinski definition) is 2. The molecule has 1 aliphatic heterocycles. The quantitative estimate of drug-likeness (QED) is 0.798. The van der Waals surface area contributed by atoms with Gasteiger partial charge in [0.15, 0.2) is 0 Å². The fraction of sp³-hybridized carbons (Fsp3) is 0.333. The highest BCUT2D eigenvalue weighted by Gasteiger charge is 2.42. The van der Waals surface area contributed by atoms with Crippen molar-refractivity contribution in [3.05, 3.63) is 53.8 Å². The van der Waals surface area contributed by atoms with Gasteiger partial charge < -0.3 is 10.6 Å². The highest BCUT2D eigenvalue weighted by atomic mass is 15.2. The number of hydrogen-bond donors (Lipinski definition) is 1. The van der Waals surface area contributed by atoms with Crippen molar-refractivity contribution in [3.63, 3.8) is 0 Å². The fourth-order valence-electron chi connectivity index (χ4n) is 3.07. The topological polar surface area (TPSA) is 29.3 Å². The lowest BCUT2D eigenvalue weighted by Crippen LogP contribution is -2.43. The number of rotatable bonds is 1. The Bertz CT molecular complexity index is 511. The maximum Gasteiger partial charge on any atom is 0.0476 e. The van der Waals surface area contributed by atoms with Gasteiger partial charge in [-0.25, -0.2) is 0 Å². The monoisotopic (exact) mass is 226 g/mol. The highest BCUT2D eigenvalue weighted by Crippen LogP contribution is 2.49. The first-order chi connectivity index (χ1) is 8.15. The van der Waals surface area contributed by atoms with Crippen molar-refractivity contribution < 1.29 is 0 Å². The lowest BCUT2D eigenvalue weighted by molar-refractivity contribution is 0.505. The number of nitrogens with zero attached hydrogens (tertiary/aromatic N) is 1. The zero-order valence-electron chi connectivity index (χ0n) is 10.4. The van der Waals surface area contributed by atoms with Crippen LogP contribution < -0.4 is 10.6 Å². The molecule has 2 atom stereocenters. The van der Waals surface area contributed by atoms with Crippen LogP contribution in [0.4, 0.5) is 5.69 Å². The predicted molar refractivity (Wildman–Crippen MR) is 72.0 cm³/mol. The standard InChI is InChI=1S/C15H18N2/c1-3-17-12-8-5-4-7-11(12)14-13(17)9-6-10-15(14,2)16/h4-10,14H,3,16H2,1-2H3. The molecule has 3 rings (SSSR count). The summed E-state index contributed by atoms with van der Waals surface area (Å²) in [5.41, 5.74) is 10.2. The summed E-state index contributed by atoms with van der Waals surface area (Å²) in [5.74, 6) is 0.295. The molecule has 0 fully saturated rings. The van der Waals surface area contributed by atoms with E-state index in [4.69, 9.17) is 5.73 Å². The zero-order chi connectivity index (χ0) is 12.0. The lowest BCUT2D eigenvalue weighted by Gasteiger charge is -2.33. The summed E-state index contributed by atoms with van der Waals surface area (Å²) in [7, 11) is 0. The summed E-state index contributed by atoms with van der Waals surface area (Å²) < 4.78 is 0. The third-order valence-corrected chi connectivity index (χ3v) is 3.81. The van der Waals surface area contributed by atoms with E-state index in [0.29, 0.717) is 5.92 Å². The van der Waals surface area contributed by atoms with Gasteiger partial charge in [-0.1, -0.05) is 30.4 Å². The predicted octanol–water partition coefficient (Wildman–Crippen LogP) is 2.78. The molecule has 0 saturated carbocycles. The second-order valence-corrected chi connectivity index (χ2v) is 5.05. The van der Waals surface area contributed by atoms with Crippen molar-refractivity contribution in [3.8, 4) is 0 Å². The molecule has 0 radical (unpaired) electrons. The second kappa shape index (κ2) is 3.47. The van der Waals surface area contributed by atoms with Crippen LogP contribution >= 0.6 is 0 Å². The molecule has 88 valence electrons. The maximum absolute atomic E-state index is 6.44. The molecule has 1 heterocycles. The molecular weight excluding hydrogens is 208 g/mol. The van der Waals surface area contributed by atoms with Crippen LogP contribution in [0.2, 0.25) is 0 Å². The smallest absolute Gasteiger partial charge is 0.0476 e. The molecule has 1 aromatic carbocycles. The molecular formula is C15H18N2. The van der Waals surface area contributed by atoms with Gasteiger partial charge in [-0.15, -0.1) is 0 Å². The Labute approximate surface area is 102 Å². The molecule has 0 spiro atoms. The first kappa shape index (κ1) is 10.6. The van der Waals surface area contributed by atoms with Crippen molar-refractivity contribution >= 4 is 5.69 Å². The Morgan fingerprint density at radius 1 is 1.35 bits per heavy atom. The van der Waals surface area contributed by atoms with Gasteiger partial charge in [0, 0.05) is 29.4 Å². The average Bonchev–Trinajstić information content (AvgIpc) is 2.63.